The molecule has 0 radical (unpaired) electrons. The Balaban J connectivity index is 1.89. The summed E-state index contributed by atoms with van der Waals surface area (Å²) in [6.45, 7) is 0. The number of fused-ring (bicyclic) bond motifs is 1. The zero-order valence-electron chi connectivity index (χ0n) is 12.1. The number of hydrogen-bond donors (Lipinski definition) is 2. The molecular weight excluding hydrogens is 284 g/mol. The highest BCUT2D eigenvalue weighted by Gasteiger charge is 2.22. The number of amides is 1. The van der Waals surface area contributed by atoms with E-state index in [4.69, 9.17) is 10.5 Å². The van der Waals surface area contributed by atoms with E-state index >= 15 is 0 Å². The third-order valence-electron chi connectivity index (χ3n) is 4.08. The number of anilines is 1. The molecule has 1 aromatic carbocycles. The van der Waals surface area contributed by atoms with Crippen molar-refractivity contribution in [3.8, 4) is 5.75 Å². The Bertz CT molecular complexity index is 660. The van der Waals surface area contributed by atoms with Gasteiger partial charge in [0.2, 0.25) is 0 Å². The van der Waals surface area contributed by atoms with E-state index in [9.17, 15) is 4.79 Å². The molecule has 0 atom stereocenters. The summed E-state index contributed by atoms with van der Waals surface area (Å²) in [7, 11) is 1.62. The van der Waals surface area contributed by atoms with E-state index in [2.05, 4.69) is 5.32 Å². The van der Waals surface area contributed by atoms with Crippen molar-refractivity contribution in [2.75, 3.05) is 12.8 Å². The number of carbonyl (C=O) groups excluding carboxylic acids is 1. The first-order valence-corrected chi connectivity index (χ1v) is 8.18. The van der Waals surface area contributed by atoms with E-state index in [1.807, 2.05) is 18.2 Å². The maximum Gasteiger partial charge on any atom is 0.263 e. The van der Waals surface area contributed by atoms with Crippen LogP contribution in [0.5, 0.6) is 5.75 Å². The maximum absolute atomic E-state index is 12.5. The molecule has 5 heteroatoms. The van der Waals surface area contributed by atoms with E-state index in [0.717, 1.165) is 28.7 Å². The lowest BCUT2D eigenvalue weighted by Crippen LogP contribution is -2.36. The first-order valence-electron chi connectivity index (χ1n) is 7.36. The van der Waals surface area contributed by atoms with Crippen LogP contribution in [0.4, 0.5) is 5.69 Å². The van der Waals surface area contributed by atoms with Gasteiger partial charge in [0, 0.05) is 10.7 Å². The van der Waals surface area contributed by atoms with Gasteiger partial charge < -0.3 is 15.8 Å². The average Bonchev–Trinajstić information content (AvgIpc) is 2.86. The van der Waals surface area contributed by atoms with Crippen LogP contribution < -0.4 is 15.8 Å². The van der Waals surface area contributed by atoms with Gasteiger partial charge in [0.25, 0.3) is 5.91 Å². The number of benzene rings is 1. The number of nitrogen functional groups attached to an aromatic ring is 1. The van der Waals surface area contributed by atoms with Gasteiger partial charge in [-0.2, -0.15) is 0 Å². The fraction of sp³-hybridized carbons (Fsp3) is 0.438. The van der Waals surface area contributed by atoms with Crippen molar-refractivity contribution in [3.63, 3.8) is 0 Å². The minimum Gasteiger partial charge on any atom is -0.496 e. The fourth-order valence-corrected chi connectivity index (χ4v) is 4.02. The molecular formula is C16H20N2O2S. The molecule has 1 aromatic heterocycles. The minimum atomic E-state index is -0.0531. The Kier molecular flexibility index (Phi) is 4.01. The van der Waals surface area contributed by atoms with Crippen molar-refractivity contribution < 1.29 is 9.53 Å². The van der Waals surface area contributed by atoms with Crippen molar-refractivity contribution in [1.82, 2.24) is 5.32 Å². The smallest absolute Gasteiger partial charge is 0.263 e. The lowest BCUT2D eigenvalue weighted by Gasteiger charge is -2.22. The number of nitrogens with two attached hydrogens (primary N) is 1. The monoisotopic (exact) mass is 304 g/mol. The van der Waals surface area contributed by atoms with Crippen molar-refractivity contribution in [2.45, 2.75) is 38.1 Å². The SMILES string of the molecule is COc1cccc2sc(C(=O)NC3CCCCC3)c(N)c12. The number of thiophene rings is 1. The third-order valence-corrected chi connectivity index (χ3v) is 5.25. The van der Waals surface area contributed by atoms with Crippen LogP contribution in [0.15, 0.2) is 18.2 Å². The molecule has 0 bridgehead atoms. The van der Waals surface area contributed by atoms with Gasteiger partial charge in [0.05, 0.1) is 18.2 Å². The molecule has 0 aliphatic heterocycles. The van der Waals surface area contributed by atoms with E-state index in [1.54, 1.807) is 7.11 Å². The van der Waals surface area contributed by atoms with Gasteiger partial charge in [-0.1, -0.05) is 25.3 Å². The lowest BCUT2D eigenvalue weighted by molar-refractivity contribution is 0.0933. The third kappa shape index (κ3) is 2.70. The standard InChI is InChI=1S/C16H20N2O2S/c1-20-11-8-5-9-12-13(11)14(17)15(21-12)16(19)18-10-6-3-2-4-7-10/h5,8-10H,2-4,6-7,17H2,1H3,(H,18,19). The van der Waals surface area contributed by atoms with E-state index in [-0.39, 0.29) is 11.9 Å². The summed E-state index contributed by atoms with van der Waals surface area (Å²) in [5, 5.41) is 3.97. The van der Waals surface area contributed by atoms with Crippen LogP contribution in [0.25, 0.3) is 10.1 Å². The fourth-order valence-electron chi connectivity index (χ4n) is 2.98. The quantitative estimate of drug-likeness (QED) is 0.911. The van der Waals surface area contributed by atoms with Gasteiger partial charge in [0.1, 0.15) is 10.6 Å². The van der Waals surface area contributed by atoms with Crippen molar-refractivity contribution in [1.29, 1.82) is 0 Å². The number of nitrogens with one attached hydrogen (secondary N) is 1. The van der Waals surface area contributed by atoms with Crippen LogP contribution in [0.3, 0.4) is 0 Å². The lowest BCUT2D eigenvalue weighted by atomic mass is 9.95. The van der Waals surface area contributed by atoms with Gasteiger partial charge in [0.15, 0.2) is 0 Å². The molecule has 3 N–H and O–H groups in total. The maximum atomic E-state index is 12.5. The number of rotatable bonds is 3. The Labute approximate surface area is 128 Å². The molecule has 21 heavy (non-hydrogen) atoms. The highest BCUT2D eigenvalue weighted by atomic mass is 32.1. The summed E-state index contributed by atoms with van der Waals surface area (Å²) in [6.07, 6.45) is 5.80. The molecule has 1 aliphatic rings. The summed E-state index contributed by atoms with van der Waals surface area (Å²) in [6, 6.07) is 6.04. The summed E-state index contributed by atoms with van der Waals surface area (Å²) >= 11 is 1.43. The number of hydrogen-bond acceptors (Lipinski definition) is 4. The molecule has 112 valence electrons. The predicted octanol–water partition coefficient (Wildman–Crippen LogP) is 3.55. The minimum absolute atomic E-state index is 0.0531. The van der Waals surface area contributed by atoms with E-state index < -0.39 is 0 Å². The second-order valence-corrected chi connectivity index (χ2v) is 6.54. The molecule has 4 nitrogen and oxygen atoms in total. The first-order chi connectivity index (χ1) is 10.2. The van der Waals surface area contributed by atoms with Crippen molar-refractivity contribution in [2.24, 2.45) is 0 Å². The molecule has 1 fully saturated rings. The van der Waals surface area contributed by atoms with Crippen LogP contribution >= 0.6 is 11.3 Å². The Hall–Kier alpha value is -1.75. The summed E-state index contributed by atoms with van der Waals surface area (Å²) in [4.78, 5) is 13.1. The normalized spacial score (nSPS) is 16.0. The molecule has 2 aromatic rings. The molecule has 1 heterocycles. The molecule has 0 spiro atoms. The Morgan fingerprint density at radius 2 is 2.10 bits per heavy atom. The van der Waals surface area contributed by atoms with Gasteiger partial charge in [-0.25, -0.2) is 0 Å². The summed E-state index contributed by atoms with van der Waals surface area (Å²) in [5.41, 5.74) is 6.72. The molecule has 3 rings (SSSR count). The highest BCUT2D eigenvalue weighted by molar-refractivity contribution is 7.21. The Morgan fingerprint density at radius 1 is 1.33 bits per heavy atom. The molecule has 0 unspecified atom stereocenters. The summed E-state index contributed by atoms with van der Waals surface area (Å²) < 4.78 is 6.33. The zero-order valence-corrected chi connectivity index (χ0v) is 13.0. The average molecular weight is 304 g/mol. The van der Waals surface area contributed by atoms with E-state index in [0.29, 0.717) is 10.6 Å². The van der Waals surface area contributed by atoms with E-state index in [1.165, 1.54) is 30.6 Å². The predicted molar refractivity (Wildman–Crippen MR) is 87.1 cm³/mol. The second kappa shape index (κ2) is 5.93. The summed E-state index contributed by atoms with van der Waals surface area (Å²) in [5.74, 6) is 0.667. The van der Waals surface area contributed by atoms with Crippen molar-refractivity contribution >= 4 is 33.0 Å². The van der Waals surface area contributed by atoms with Crippen LogP contribution in [0.1, 0.15) is 41.8 Å². The zero-order chi connectivity index (χ0) is 14.8. The molecule has 1 aliphatic carbocycles. The number of ether oxygens (including phenoxy) is 1. The van der Waals surface area contributed by atoms with Crippen LogP contribution in [-0.4, -0.2) is 19.1 Å². The first kappa shape index (κ1) is 14.2. The Morgan fingerprint density at radius 3 is 2.81 bits per heavy atom. The number of carbonyl (C=O) groups is 1. The van der Waals surface area contributed by atoms with Crippen LogP contribution in [-0.2, 0) is 0 Å². The van der Waals surface area contributed by atoms with Gasteiger partial charge in [-0.3, -0.25) is 4.79 Å². The van der Waals surface area contributed by atoms with Crippen LogP contribution in [0.2, 0.25) is 0 Å². The van der Waals surface area contributed by atoms with Gasteiger partial charge in [-0.15, -0.1) is 11.3 Å². The second-order valence-electron chi connectivity index (χ2n) is 5.49. The van der Waals surface area contributed by atoms with Crippen LogP contribution in [0, 0.1) is 0 Å². The number of methoxy groups -OCH3 is 1. The van der Waals surface area contributed by atoms with Gasteiger partial charge in [-0.05, 0) is 25.0 Å². The molecule has 1 saturated carbocycles. The topological polar surface area (TPSA) is 64.3 Å². The van der Waals surface area contributed by atoms with Crippen molar-refractivity contribution in [3.05, 3.63) is 23.1 Å². The largest absolute Gasteiger partial charge is 0.496 e. The molecule has 1 amide bonds. The highest BCUT2D eigenvalue weighted by Crippen LogP contribution is 2.39. The van der Waals surface area contributed by atoms with Gasteiger partial charge >= 0.3 is 0 Å². The molecule has 0 saturated heterocycles.